The van der Waals surface area contributed by atoms with Crippen LogP contribution in [0.4, 0.5) is 5.69 Å². The van der Waals surface area contributed by atoms with Gasteiger partial charge in [-0.2, -0.15) is 10.1 Å². The first-order chi connectivity index (χ1) is 23.7. The molecule has 1 atom stereocenters. The van der Waals surface area contributed by atoms with Gasteiger partial charge in [-0.1, -0.05) is 36.4 Å². The third-order valence-electron chi connectivity index (χ3n) is 9.68. The molecular weight excluding hydrogens is 640 g/mol. The molecule has 3 aromatic carbocycles. The first-order valence-electron chi connectivity index (χ1n) is 16.9. The highest BCUT2D eigenvalue weighted by Gasteiger charge is 2.29. The van der Waals surface area contributed by atoms with E-state index in [4.69, 9.17) is 17.3 Å². The molecule has 256 valence electrons. The second-order valence-electron chi connectivity index (χ2n) is 13.1. The topological polar surface area (TPSA) is 149 Å². The van der Waals surface area contributed by atoms with E-state index in [0.717, 1.165) is 74.1 Å². The number of nitrogens with two attached hydrogens (primary N) is 1. The van der Waals surface area contributed by atoms with Crippen LogP contribution in [0.1, 0.15) is 41.6 Å². The monoisotopic (exact) mass is 682 g/mol. The van der Waals surface area contributed by atoms with Crippen molar-refractivity contribution in [1.29, 1.82) is 0 Å². The van der Waals surface area contributed by atoms with Crippen LogP contribution in [0.25, 0.3) is 22.5 Å². The van der Waals surface area contributed by atoms with Crippen molar-refractivity contribution >= 4 is 35.0 Å². The molecule has 0 bridgehead atoms. The Hall–Kier alpha value is -4.58. The number of aromatic amines is 1. The number of hydrogen-bond donors (Lipinski definition) is 4. The predicted molar refractivity (Wildman–Crippen MR) is 191 cm³/mol. The summed E-state index contributed by atoms with van der Waals surface area (Å²) >= 11 is 5.88. The second-order valence-corrected chi connectivity index (χ2v) is 13.5. The molecule has 1 aliphatic carbocycles. The van der Waals surface area contributed by atoms with Gasteiger partial charge in [-0.3, -0.25) is 14.4 Å². The summed E-state index contributed by atoms with van der Waals surface area (Å²) in [6.07, 6.45) is 3.65. The number of benzene rings is 3. The van der Waals surface area contributed by atoms with Crippen molar-refractivity contribution in [2.75, 3.05) is 45.1 Å². The van der Waals surface area contributed by atoms with Crippen LogP contribution < -0.4 is 16.4 Å². The van der Waals surface area contributed by atoms with Gasteiger partial charge in [0.05, 0.1) is 0 Å². The van der Waals surface area contributed by atoms with Gasteiger partial charge in [0.15, 0.2) is 5.82 Å². The zero-order valence-electron chi connectivity index (χ0n) is 27.7. The third-order valence-corrected chi connectivity index (χ3v) is 9.84. The number of carbonyl (C=O) groups is 3. The molecule has 3 amide bonds. The van der Waals surface area contributed by atoms with Gasteiger partial charge in [-0.25, -0.2) is 5.10 Å². The summed E-state index contributed by atoms with van der Waals surface area (Å²) in [7, 11) is 2.07. The zero-order valence-corrected chi connectivity index (χ0v) is 28.5. The normalized spacial score (nSPS) is 18.9. The number of aromatic nitrogens is 3. The standard InChI is InChI=1S/C37H43ClN8O3/c1-45-17-19-46(20-18-45)36(49)29-11-9-26(10-12-29)30-4-2-3-25(21-30)22-32(41-34(47)28-7-5-24(23-39)6-8-28)35(48)40-31-15-13-27(14-16-31)33-42-37(38)44-43-33/h2-4,9-16,21,24,28,32H,5-8,17-20,22-23,39H2,1H3,(H,40,48)(H,41,47)(H,42,43,44). The average molecular weight is 683 g/mol. The molecule has 5 N–H and O–H groups in total. The molecule has 6 rings (SSSR count). The molecule has 2 aliphatic rings. The first-order valence-corrected chi connectivity index (χ1v) is 17.3. The Morgan fingerprint density at radius 2 is 1.61 bits per heavy atom. The fourth-order valence-corrected chi connectivity index (χ4v) is 6.70. The van der Waals surface area contributed by atoms with Crippen molar-refractivity contribution in [2.24, 2.45) is 17.6 Å². The minimum Gasteiger partial charge on any atom is -0.344 e. The number of hydrogen-bond acceptors (Lipinski definition) is 7. The Morgan fingerprint density at radius 3 is 2.27 bits per heavy atom. The number of anilines is 1. The lowest BCUT2D eigenvalue weighted by molar-refractivity contribution is -0.130. The molecule has 1 aromatic heterocycles. The molecule has 1 unspecified atom stereocenters. The Balaban J connectivity index is 1.16. The fraction of sp³-hybridized carbons (Fsp3) is 0.378. The number of carbonyl (C=O) groups excluding carboxylic acids is 3. The van der Waals surface area contributed by atoms with Crippen molar-refractivity contribution in [3.8, 4) is 22.5 Å². The van der Waals surface area contributed by atoms with Crippen LogP contribution in [0.3, 0.4) is 0 Å². The molecule has 12 heteroatoms. The lowest BCUT2D eigenvalue weighted by Crippen LogP contribution is -2.48. The number of nitrogens with zero attached hydrogens (tertiary/aromatic N) is 4. The highest BCUT2D eigenvalue weighted by molar-refractivity contribution is 6.28. The average Bonchev–Trinajstić information content (AvgIpc) is 3.58. The summed E-state index contributed by atoms with van der Waals surface area (Å²) in [5.74, 6) is 0.378. The highest BCUT2D eigenvalue weighted by atomic mass is 35.5. The van der Waals surface area contributed by atoms with E-state index in [0.29, 0.717) is 36.0 Å². The van der Waals surface area contributed by atoms with E-state index in [1.165, 1.54) is 0 Å². The lowest BCUT2D eigenvalue weighted by atomic mass is 9.81. The zero-order chi connectivity index (χ0) is 34.3. The molecule has 11 nitrogen and oxygen atoms in total. The molecule has 49 heavy (non-hydrogen) atoms. The van der Waals surface area contributed by atoms with Crippen LogP contribution in [0.15, 0.2) is 72.8 Å². The van der Waals surface area contributed by atoms with Crippen molar-refractivity contribution in [3.63, 3.8) is 0 Å². The molecule has 1 saturated carbocycles. The molecule has 2 heterocycles. The summed E-state index contributed by atoms with van der Waals surface area (Å²) in [4.78, 5) is 48.6. The van der Waals surface area contributed by atoms with E-state index in [-0.39, 0.29) is 28.9 Å². The van der Waals surface area contributed by atoms with E-state index < -0.39 is 6.04 Å². The molecule has 1 aliphatic heterocycles. The van der Waals surface area contributed by atoms with Crippen LogP contribution in [0.5, 0.6) is 0 Å². The summed E-state index contributed by atoms with van der Waals surface area (Å²) in [5.41, 5.74) is 10.7. The van der Waals surface area contributed by atoms with E-state index in [2.05, 4.69) is 37.8 Å². The predicted octanol–water partition coefficient (Wildman–Crippen LogP) is 4.61. The van der Waals surface area contributed by atoms with Crippen LogP contribution in [0, 0.1) is 11.8 Å². The molecule has 2 fully saturated rings. The largest absolute Gasteiger partial charge is 0.344 e. The minimum atomic E-state index is -0.801. The van der Waals surface area contributed by atoms with Crippen molar-refractivity contribution in [1.82, 2.24) is 30.3 Å². The van der Waals surface area contributed by atoms with Gasteiger partial charge >= 0.3 is 0 Å². The quantitative estimate of drug-likeness (QED) is 0.191. The lowest BCUT2D eigenvalue weighted by Gasteiger charge is -2.32. The Morgan fingerprint density at radius 1 is 0.918 bits per heavy atom. The van der Waals surface area contributed by atoms with Gasteiger partial charge in [0.2, 0.25) is 17.1 Å². The van der Waals surface area contributed by atoms with E-state index >= 15 is 0 Å². The van der Waals surface area contributed by atoms with Gasteiger partial charge in [-0.15, -0.1) is 0 Å². The van der Waals surface area contributed by atoms with Crippen molar-refractivity contribution < 1.29 is 14.4 Å². The number of rotatable bonds is 10. The maximum absolute atomic E-state index is 13.8. The number of piperazine rings is 1. The van der Waals surface area contributed by atoms with Crippen LogP contribution in [0.2, 0.25) is 5.28 Å². The summed E-state index contributed by atoms with van der Waals surface area (Å²) in [6.45, 7) is 3.83. The summed E-state index contributed by atoms with van der Waals surface area (Å²) in [5, 5.41) is 12.9. The second kappa shape index (κ2) is 15.8. The Bertz CT molecular complexity index is 1740. The number of H-pyrrole nitrogens is 1. The number of nitrogens with one attached hydrogen (secondary N) is 3. The van der Waals surface area contributed by atoms with E-state index in [1.807, 2.05) is 53.4 Å². The van der Waals surface area contributed by atoms with Crippen LogP contribution in [-0.4, -0.2) is 88.5 Å². The van der Waals surface area contributed by atoms with Crippen LogP contribution >= 0.6 is 11.6 Å². The maximum Gasteiger partial charge on any atom is 0.253 e. The smallest absolute Gasteiger partial charge is 0.253 e. The third kappa shape index (κ3) is 8.72. The van der Waals surface area contributed by atoms with Crippen molar-refractivity contribution in [3.05, 3.63) is 89.2 Å². The van der Waals surface area contributed by atoms with E-state index in [9.17, 15) is 14.4 Å². The molecule has 0 spiro atoms. The highest BCUT2D eigenvalue weighted by Crippen LogP contribution is 2.29. The summed E-state index contributed by atoms with van der Waals surface area (Å²) in [6, 6.07) is 22.0. The number of likely N-dealkylation sites (N-methyl/N-ethyl adjacent to an activating group) is 1. The van der Waals surface area contributed by atoms with Gasteiger partial charge in [0.1, 0.15) is 6.04 Å². The number of halogens is 1. The number of amides is 3. The van der Waals surface area contributed by atoms with Gasteiger partial charge < -0.3 is 26.2 Å². The Labute approximate surface area is 291 Å². The SMILES string of the molecule is CN1CCN(C(=O)c2ccc(-c3cccc(CC(NC(=O)C4CCC(CN)CC4)C(=O)Nc4ccc(-c5n[nH]c(Cl)n5)cc4)c3)cc2)CC1. The molecule has 0 radical (unpaired) electrons. The molecular formula is C37H43ClN8O3. The summed E-state index contributed by atoms with van der Waals surface area (Å²) < 4.78 is 0. The fourth-order valence-electron chi connectivity index (χ4n) is 6.57. The molecule has 4 aromatic rings. The molecule has 1 saturated heterocycles. The van der Waals surface area contributed by atoms with E-state index in [1.54, 1.807) is 24.3 Å². The van der Waals surface area contributed by atoms with Gasteiger partial charge in [0.25, 0.3) is 5.91 Å². The van der Waals surface area contributed by atoms with Crippen LogP contribution in [-0.2, 0) is 16.0 Å². The van der Waals surface area contributed by atoms with Gasteiger partial charge in [0, 0.05) is 55.3 Å². The van der Waals surface area contributed by atoms with Crippen molar-refractivity contribution in [2.45, 2.75) is 38.1 Å². The first kappa shape index (κ1) is 34.3. The van der Waals surface area contributed by atoms with Gasteiger partial charge in [-0.05, 0) is 110 Å². The Kier molecular flexibility index (Phi) is 11.0. The minimum absolute atomic E-state index is 0.0475. The maximum atomic E-state index is 13.8.